The largest absolute Gasteiger partial charge is 0.497 e. The van der Waals surface area contributed by atoms with Crippen LogP contribution < -0.4 is 4.74 Å². The number of hydrogen-bond donors (Lipinski definition) is 0. The van der Waals surface area contributed by atoms with Gasteiger partial charge in [-0.2, -0.15) is 0 Å². The predicted octanol–water partition coefficient (Wildman–Crippen LogP) is 3.31. The summed E-state index contributed by atoms with van der Waals surface area (Å²) in [5.74, 6) is 2.19. The molecule has 0 atom stereocenters. The number of aryl methyl sites for hydroxylation is 1. The number of nitrogens with zero attached hydrogens (tertiary/aromatic N) is 5. The van der Waals surface area contributed by atoms with E-state index >= 15 is 0 Å². The van der Waals surface area contributed by atoms with Gasteiger partial charge in [-0.1, -0.05) is 11.8 Å². The van der Waals surface area contributed by atoms with Gasteiger partial charge >= 0.3 is 0 Å². The van der Waals surface area contributed by atoms with Gasteiger partial charge in [0, 0.05) is 44.1 Å². The molecule has 3 heterocycles. The number of carbonyl (C=O) groups is 1. The van der Waals surface area contributed by atoms with Crippen LogP contribution in [0, 0.1) is 0 Å². The average molecular weight is 426 g/mol. The van der Waals surface area contributed by atoms with Crippen molar-refractivity contribution in [3.8, 4) is 11.4 Å². The molecule has 3 aromatic rings. The molecular weight excluding hydrogens is 398 g/mol. The Morgan fingerprint density at radius 1 is 1.10 bits per heavy atom. The van der Waals surface area contributed by atoms with Crippen molar-refractivity contribution in [3.63, 3.8) is 0 Å². The molecule has 0 spiro atoms. The maximum absolute atomic E-state index is 12.6. The van der Waals surface area contributed by atoms with Crippen LogP contribution in [0.2, 0.25) is 0 Å². The average Bonchev–Trinajstić information content (AvgIpc) is 3.38. The number of hydrogen-bond acceptors (Lipinski definition) is 5. The van der Waals surface area contributed by atoms with Crippen molar-refractivity contribution in [2.24, 2.45) is 7.05 Å². The second-order valence-corrected chi connectivity index (χ2v) is 8.39. The van der Waals surface area contributed by atoms with Gasteiger partial charge in [-0.3, -0.25) is 9.36 Å². The fraction of sp³-hybridized carbons (Fsp3) is 0.409. The first-order valence-corrected chi connectivity index (χ1v) is 11.2. The summed E-state index contributed by atoms with van der Waals surface area (Å²) in [5.41, 5.74) is 2.11. The topological polar surface area (TPSA) is 65.2 Å². The molecule has 0 unspecified atom stereocenters. The maximum atomic E-state index is 12.6. The second-order valence-electron chi connectivity index (χ2n) is 7.45. The third-order valence-corrected chi connectivity index (χ3v) is 6.37. The van der Waals surface area contributed by atoms with Gasteiger partial charge in [-0.15, -0.1) is 10.2 Å². The Bertz CT molecular complexity index is 989. The van der Waals surface area contributed by atoms with Crippen LogP contribution in [-0.2, 0) is 18.3 Å². The fourth-order valence-electron chi connectivity index (χ4n) is 3.70. The minimum absolute atomic E-state index is 0.174. The number of amides is 1. The number of thioether (sulfide) groups is 1. The Morgan fingerprint density at radius 3 is 2.53 bits per heavy atom. The lowest BCUT2D eigenvalue weighted by Crippen LogP contribution is -2.36. The smallest absolute Gasteiger partial charge is 0.233 e. The molecule has 1 amide bonds. The minimum Gasteiger partial charge on any atom is -0.497 e. The van der Waals surface area contributed by atoms with Gasteiger partial charge in [0.05, 0.1) is 12.9 Å². The van der Waals surface area contributed by atoms with Crippen LogP contribution in [0.4, 0.5) is 0 Å². The highest BCUT2D eigenvalue weighted by Gasteiger charge is 2.20. The molecular formula is C22H27N5O2S. The lowest BCUT2D eigenvalue weighted by molar-refractivity contribution is -0.129. The van der Waals surface area contributed by atoms with Crippen LogP contribution in [0.15, 0.2) is 47.8 Å². The predicted molar refractivity (Wildman–Crippen MR) is 117 cm³/mol. The van der Waals surface area contributed by atoms with E-state index in [0.29, 0.717) is 12.2 Å². The van der Waals surface area contributed by atoms with Gasteiger partial charge in [0.2, 0.25) is 5.91 Å². The van der Waals surface area contributed by atoms with Crippen LogP contribution in [0.25, 0.3) is 5.69 Å². The molecule has 1 fully saturated rings. The quantitative estimate of drug-likeness (QED) is 0.544. The maximum Gasteiger partial charge on any atom is 0.233 e. The van der Waals surface area contributed by atoms with Gasteiger partial charge in [0.1, 0.15) is 11.6 Å². The van der Waals surface area contributed by atoms with E-state index in [4.69, 9.17) is 4.74 Å². The number of rotatable bonds is 7. The van der Waals surface area contributed by atoms with Crippen LogP contribution in [-0.4, -0.2) is 56.1 Å². The zero-order valence-electron chi connectivity index (χ0n) is 17.5. The standard InChI is InChI=1S/C22H27N5O2S/c1-25-12-6-7-18(25)15-20-23-24-22(27(20)17-8-10-19(29-2)11-9-17)30-16-21(28)26-13-4-3-5-14-26/h6-12H,3-5,13-16H2,1-2H3. The van der Waals surface area contributed by atoms with Crippen molar-refractivity contribution in [1.29, 1.82) is 0 Å². The lowest BCUT2D eigenvalue weighted by atomic mass is 10.1. The highest BCUT2D eigenvalue weighted by Crippen LogP contribution is 2.25. The Balaban J connectivity index is 1.58. The van der Waals surface area contributed by atoms with Crippen molar-refractivity contribution in [2.45, 2.75) is 30.8 Å². The van der Waals surface area contributed by atoms with Gasteiger partial charge < -0.3 is 14.2 Å². The summed E-state index contributed by atoms with van der Waals surface area (Å²) in [4.78, 5) is 14.6. The summed E-state index contributed by atoms with van der Waals surface area (Å²) in [6, 6.07) is 11.9. The first kappa shape index (κ1) is 20.5. The number of carbonyl (C=O) groups excluding carboxylic acids is 1. The highest BCUT2D eigenvalue weighted by atomic mass is 32.2. The van der Waals surface area contributed by atoms with Crippen LogP contribution in [0.3, 0.4) is 0 Å². The normalized spacial score (nSPS) is 14.1. The first-order valence-electron chi connectivity index (χ1n) is 10.2. The van der Waals surface area contributed by atoms with Crippen molar-refractivity contribution in [2.75, 3.05) is 26.0 Å². The van der Waals surface area contributed by atoms with E-state index in [1.807, 2.05) is 53.0 Å². The highest BCUT2D eigenvalue weighted by molar-refractivity contribution is 7.99. The first-order chi connectivity index (χ1) is 14.7. The van der Waals surface area contributed by atoms with Crippen molar-refractivity contribution >= 4 is 17.7 Å². The molecule has 2 aromatic heterocycles. The summed E-state index contributed by atoms with van der Waals surface area (Å²) >= 11 is 1.45. The summed E-state index contributed by atoms with van der Waals surface area (Å²) in [5, 5.41) is 9.62. The number of benzene rings is 1. The van der Waals surface area contributed by atoms with Gasteiger partial charge in [-0.05, 0) is 55.7 Å². The second kappa shape index (κ2) is 9.38. The Hall–Kier alpha value is -2.74. The van der Waals surface area contributed by atoms with Crippen LogP contribution in [0.1, 0.15) is 30.8 Å². The number of aromatic nitrogens is 4. The zero-order chi connectivity index (χ0) is 20.9. The van der Waals surface area contributed by atoms with Gasteiger partial charge in [0.25, 0.3) is 0 Å². The van der Waals surface area contributed by atoms with E-state index in [1.54, 1.807) is 7.11 Å². The van der Waals surface area contributed by atoms with E-state index in [2.05, 4.69) is 20.8 Å². The Kier molecular flexibility index (Phi) is 6.42. The zero-order valence-corrected chi connectivity index (χ0v) is 18.3. The van der Waals surface area contributed by atoms with Crippen LogP contribution in [0.5, 0.6) is 5.75 Å². The molecule has 1 saturated heterocycles. The van der Waals surface area contributed by atoms with E-state index in [9.17, 15) is 4.79 Å². The molecule has 1 aliphatic heterocycles. The van der Waals surface area contributed by atoms with E-state index in [-0.39, 0.29) is 5.91 Å². The Labute approximate surface area is 181 Å². The molecule has 158 valence electrons. The number of methoxy groups -OCH3 is 1. The molecule has 0 saturated carbocycles. The van der Waals surface area contributed by atoms with Crippen molar-refractivity contribution in [3.05, 3.63) is 54.1 Å². The summed E-state index contributed by atoms with van der Waals surface area (Å²) in [6.07, 6.45) is 6.09. The molecule has 0 aliphatic carbocycles. The van der Waals surface area contributed by atoms with Crippen molar-refractivity contribution < 1.29 is 9.53 Å². The molecule has 0 bridgehead atoms. The number of ether oxygens (including phenoxy) is 1. The monoisotopic (exact) mass is 425 g/mol. The fourth-order valence-corrected chi connectivity index (χ4v) is 4.58. The molecule has 0 radical (unpaired) electrons. The van der Waals surface area contributed by atoms with E-state index in [0.717, 1.165) is 54.0 Å². The third kappa shape index (κ3) is 4.53. The van der Waals surface area contributed by atoms with E-state index in [1.165, 1.54) is 18.2 Å². The SMILES string of the molecule is COc1ccc(-n2c(Cc3cccn3C)nnc2SCC(=O)N2CCCCC2)cc1. The number of piperidine rings is 1. The molecule has 7 nitrogen and oxygen atoms in total. The van der Waals surface area contributed by atoms with Crippen LogP contribution >= 0.6 is 11.8 Å². The minimum atomic E-state index is 0.174. The molecule has 1 aromatic carbocycles. The summed E-state index contributed by atoms with van der Waals surface area (Å²) in [7, 11) is 3.68. The molecule has 4 rings (SSSR count). The van der Waals surface area contributed by atoms with Gasteiger partial charge in [0.15, 0.2) is 5.16 Å². The summed E-state index contributed by atoms with van der Waals surface area (Å²) < 4.78 is 9.42. The molecule has 1 aliphatic rings. The van der Waals surface area contributed by atoms with Gasteiger partial charge in [-0.25, -0.2) is 0 Å². The number of likely N-dealkylation sites (tertiary alicyclic amines) is 1. The molecule has 8 heteroatoms. The third-order valence-electron chi connectivity index (χ3n) is 5.46. The Morgan fingerprint density at radius 2 is 1.87 bits per heavy atom. The van der Waals surface area contributed by atoms with E-state index < -0.39 is 0 Å². The molecule has 30 heavy (non-hydrogen) atoms. The lowest BCUT2D eigenvalue weighted by Gasteiger charge is -2.26. The molecule has 0 N–H and O–H groups in total. The van der Waals surface area contributed by atoms with Crippen molar-refractivity contribution in [1.82, 2.24) is 24.2 Å². The summed E-state index contributed by atoms with van der Waals surface area (Å²) in [6.45, 7) is 1.73.